The van der Waals surface area contributed by atoms with Crippen LogP contribution in [0.2, 0.25) is 0 Å². The maximum absolute atomic E-state index is 12.4. The zero-order chi connectivity index (χ0) is 22.5. The van der Waals surface area contributed by atoms with Gasteiger partial charge in [0.1, 0.15) is 5.56 Å². The minimum absolute atomic E-state index is 0.125. The molecule has 0 bridgehead atoms. The summed E-state index contributed by atoms with van der Waals surface area (Å²) >= 11 is 0. The number of imidazole rings is 1. The van der Waals surface area contributed by atoms with E-state index in [9.17, 15) is 24.3 Å². The number of aryl methyl sites for hydroxylation is 2. The molecule has 0 aromatic carbocycles. The van der Waals surface area contributed by atoms with Gasteiger partial charge in [0.2, 0.25) is 11.8 Å². The molecule has 0 atom stereocenters. The molecule has 0 radical (unpaired) electrons. The Morgan fingerprint density at radius 2 is 1.70 bits per heavy atom. The second-order valence-corrected chi connectivity index (χ2v) is 7.75. The summed E-state index contributed by atoms with van der Waals surface area (Å²) < 4.78 is 4.63. The van der Waals surface area contributed by atoms with E-state index in [0.29, 0.717) is 0 Å². The Morgan fingerprint density at radius 3 is 2.30 bits per heavy atom. The predicted octanol–water partition coefficient (Wildman–Crippen LogP) is -1.27. The summed E-state index contributed by atoms with van der Waals surface area (Å²) in [6.07, 6.45) is 1.03. The van der Waals surface area contributed by atoms with Crippen LogP contribution in [0.5, 0.6) is 5.88 Å². The van der Waals surface area contributed by atoms with Gasteiger partial charge in [0.25, 0.3) is 11.1 Å². The fourth-order valence-corrected chi connectivity index (χ4v) is 3.05. The van der Waals surface area contributed by atoms with Crippen molar-refractivity contribution in [2.24, 2.45) is 26.2 Å². The number of nitrogens with one attached hydrogen (secondary N) is 2. The van der Waals surface area contributed by atoms with E-state index in [1.165, 1.54) is 23.2 Å². The van der Waals surface area contributed by atoms with Crippen molar-refractivity contribution in [2.45, 2.75) is 26.3 Å². The highest BCUT2D eigenvalue weighted by molar-refractivity contribution is 5.82. The molecule has 0 aliphatic heterocycles. The van der Waals surface area contributed by atoms with Gasteiger partial charge in [-0.25, -0.2) is 15.0 Å². The van der Waals surface area contributed by atoms with Gasteiger partial charge in [-0.05, 0) is 20.8 Å². The van der Waals surface area contributed by atoms with Crippen LogP contribution in [0.4, 0.5) is 5.95 Å². The number of aromatic amines is 1. The molecule has 3 aromatic heterocycles. The third-order valence-corrected chi connectivity index (χ3v) is 4.63. The van der Waals surface area contributed by atoms with Crippen molar-refractivity contribution in [3.8, 4) is 5.88 Å². The Labute approximate surface area is 168 Å². The molecule has 3 aromatic rings. The lowest BCUT2D eigenvalue weighted by Crippen LogP contribution is -2.40. The summed E-state index contributed by atoms with van der Waals surface area (Å²) in [7, 11) is 4.40. The van der Waals surface area contributed by atoms with Crippen LogP contribution in [-0.4, -0.2) is 39.6 Å². The Morgan fingerprint density at radius 1 is 1.07 bits per heavy atom. The highest BCUT2D eigenvalue weighted by Gasteiger charge is 2.22. The van der Waals surface area contributed by atoms with E-state index in [4.69, 9.17) is 0 Å². The zero-order valence-electron chi connectivity index (χ0n) is 17.3. The normalized spacial score (nSPS) is 12.2. The summed E-state index contributed by atoms with van der Waals surface area (Å²) in [6, 6.07) is 0. The van der Waals surface area contributed by atoms with Crippen LogP contribution in [0.3, 0.4) is 0 Å². The second-order valence-electron chi connectivity index (χ2n) is 7.75. The van der Waals surface area contributed by atoms with Gasteiger partial charge in [0.05, 0.1) is 6.21 Å². The molecule has 13 heteroatoms. The fraction of sp³-hybridized carbons (Fsp3) is 0.412. The molecule has 3 heterocycles. The van der Waals surface area contributed by atoms with Gasteiger partial charge in [-0.15, -0.1) is 0 Å². The van der Waals surface area contributed by atoms with E-state index in [1.807, 2.05) is 0 Å². The maximum Gasteiger partial charge on any atom is 0.332 e. The highest BCUT2D eigenvalue weighted by Crippen LogP contribution is 2.19. The van der Waals surface area contributed by atoms with Crippen molar-refractivity contribution >= 4 is 23.3 Å². The van der Waals surface area contributed by atoms with Crippen LogP contribution in [-0.2, 0) is 26.7 Å². The van der Waals surface area contributed by atoms with Crippen molar-refractivity contribution in [1.29, 1.82) is 0 Å². The Bertz CT molecular complexity index is 1420. The van der Waals surface area contributed by atoms with Gasteiger partial charge in [0.15, 0.2) is 11.2 Å². The first-order valence-electron chi connectivity index (χ1n) is 8.86. The quantitative estimate of drug-likeness (QED) is 0.353. The van der Waals surface area contributed by atoms with Gasteiger partial charge in [0, 0.05) is 26.7 Å². The molecule has 0 aliphatic carbocycles. The Hall–Kier alpha value is -3.90. The van der Waals surface area contributed by atoms with Crippen molar-refractivity contribution in [3.63, 3.8) is 0 Å². The molecule has 0 aliphatic rings. The van der Waals surface area contributed by atoms with E-state index in [2.05, 4.69) is 20.5 Å². The number of H-pyrrole nitrogens is 1. The summed E-state index contributed by atoms with van der Waals surface area (Å²) in [6.45, 7) is 5.07. The number of nitrogens with zero attached hydrogens (tertiary/aromatic N) is 6. The lowest BCUT2D eigenvalue weighted by Gasteiger charge is -2.23. The molecule has 160 valence electrons. The molecule has 0 spiro atoms. The van der Waals surface area contributed by atoms with Crippen molar-refractivity contribution in [1.82, 2.24) is 28.2 Å². The second kappa shape index (κ2) is 6.86. The topological polar surface area (TPSA) is 161 Å². The SMILES string of the molecule is Cn1c(=O)c2c(nc(NN=Cc3c(O)n(C(C)(C)C)c(=O)[nH]c3=O)n2C)n(C)c1=O. The average Bonchev–Trinajstić information content (AvgIpc) is 2.96. The Kier molecular flexibility index (Phi) is 4.76. The van der Waals surface area contributed by atoms with Crippen LogP contribution < -0.4 is 27.9 Å². The minimum atomic E-state index is -0.815. The smallest absolute Gasteiger partial charge is 0.332 e. The monoisotopic (exact) mass is 418 g/mol. The van der Waals surface area contributed by atoms with Crippen LogP contribution in [0, 0.1) is 0 Å². The van der Waals surface area contributed by atoms with E-state index in [1.54, 1.807) is 27.8 Å². The van der Waals surface area contributed by atoms with Gasteiger partial charge in [-0.2, -0.15) is 10.1 Å². The number of hydrogen-bond acceptors (Lipinski definition) is 8. The fourth-order valence-electron chi connectivity index (χ4n) is 3.05. The van der Waals surface area contributed by atoms with Crippen molar-refractivity contribution in [2.75, 3.05) is 5.43 Å². The van der Waals surface area contributed by atoms with Gasteiger partial charge >= 0.3 is 11.4 Å². The van der Waals surface area contributed by atoms with Crippen LogP contribution in [0.25, 0.3) is 11.2 Å². The largest absolute Gasteiger partial charge is 0.494 e. The molecule has 30 heavy (non-hydrogen) atoms. The van der Waals surface area contributed by atoms with E-state index < -0.39 is 33.9 Å². The zero-order valence-corrected chi connectivity index (χ0v) is 17.3. The summed E-state index contributed by atoms with van der Waals surface area (Å²) in [5.41, 5.74) is -0.721. The number of aromatic hydroxyl groups is 1. The molecule has 0 fully saturated rings. The molecule has 0 saturated heterocycles. The highest BCUT2D eigenvalue weighted by atomic mass is 16.3. The summed E-state index contributed by atoms with van der Waals surface area (Å²) in [5.74, 6) is -0.414. The standard InChI is InChI=1S/C17H22N8O5/c1-17(2,3)25-12(27)8(11(26)20-15(25)29)7-18-21-14-19-10-9(22(14)4)13(28)24(6)16(30)23(10)5/h7,27H,1-6H3,(H,19,21)(H,20,26,29). The first-order valence-corrected chi connectivity index (χ1v) is 8.86. The third kappa shape index (κ3) is 3.13. The molecule has 0 amide bonds. The maximum atomic E-state index is 12.4. The number of hydrazone groups is 1. The number of hydrogen-bond donors (Lipinski definition) is 3. The first kappa shape index (κ1) is 20.8. The number of rotatable bonds is 3. The van der Waals surface area contributed by atoms with Gasteiger partial charge < -0.3 is 9.67 Å². The average molecular weight is 418 g/mol. The number of fused-ring (bicyclic) bond motifs is 1. The lowest BCUT2D eigenvalue weighted by molar-refractivity contribution is 0.305. The van der Waals surface area contributed by atoms with E-state index in [-0.39, 0.29) is 22.7 Å². The van der Waals surface area contributed by atoms with E-state index in [0.717, 1.165) is 15.3 Å². The van der Waals surface area contributed by atoms with Crippen molar-refractivity contribution < 1.29 is 5.11 Å². The lowest BCUT2D eigenvalue weighted by atomic mass is 10.1. The molecule has 13 nitrogen and oxygen atoms in total. The summed E-state index contributed by atoms with van der Waals surface area (Å²) in [4.78, 5) is 54.9. The van der Waals surface area contributed by atoms with Crippen molar-refractivity contribution in [3.05, 3.63) is 47.2 Å². The molecule has 0 saturated carbocycles. The Balaban J connectivity index is 2.07. The molecule has 3 rings (SSSR count). The van der Waals surface area contributed by atoms with Crippen LogP contribution in [0.15, 0.2) is 24.3 Å². The van der Waals surface area contributed by atoms with Crippen LogP contribution >= 0.6 is 0 Å². The molecule has 0 unspecified atom stereocenters. The summed E-state index contributed by atoms with van der Waals surface area (Å²) in [5, 5.41) is 14.3. The minimum Gasteiger partial charge on any atom is -0.494 e. The number of anilines is 1. The molecular weight excluding hydrogens is 396 g/mol. The van der Waals surface area contributed by atoms with Gasteiger partial charge in [-0.3, -0.25) is 28.3 Å². The van der Waals surface area contributed by atoms with Gasteiger partial charge in [-0.1, -0.05) is 0 Å². The molecular formula is C17H22N8O5. The number of aromatic nitrogens is 6. The third-order valence-electron chi connectivity index (χ3n) is 4.63. The predicted molar refractivity (Wildman–Crippen MR) is 110 cm³/mol. The van der Waals surface area contributed by atoms with E-state index >= 15 is 0 Å². The molecule has 3 N–H and O–H groups in total. The van der Waals surface area contributed by atoms with Crippen LogP contribution in [0.1, 0.15) is 26.3 Å². The first-order chi connectivity index (χ1) is 13.9.